The fraction of sp³-hybridized carbons (Fsp3) is 0.455. The predicted molar refractivity (Wildman–Crippen MR) is 64.5 cm³/mol. The number of rotatable bonds is 4. The summed E-state index contributed by atoms with van der Waals surface area (Å²) in [6, 6.07) is 4.29. The van der Waals surface area contributed by atoms with E-state index in [0.29, 0.717) is 18.8 Å². The Hall–Kier alpha value is -2.24. The first kappa shape index (κ1) is 13.2. The van der Waals surface area contributed by atoms with Gasteiger partial charge in [-0.2, -0.15) is 5.26 Å². The highest BCUT2D eigenvalue weighted by molar-refractivity contribution is 5.50. The number of nitrogens with zero attached hydrogens (tertiary/aromatic N) is 3. The molecule has 1 fully saturated rings. The van der Waals surface area contributed by atoms with Gasteiger partial charge in [-0.3, -0.25) is 10.1 Å². The molecule has 0 saturated carbocycles. The predicted octanol–water partition coefficient (Wildman–Crippen LogP) is 0.425. The van der Waals surface area contributed by atoms with Crippen LogP contribution in [-0.2, 0) is 4.74 Å². The lowest BCUT2D eigenvalue weighted by Crippen LogP contribution is -2.37. The van der Waals surface area contributed by atoms with Crippen LogP contribution in [0.5, 0.6) is 0 Å². The molecular formula is C11H12N4O4. The van der Waals surface area contributed by atoms with Gasteiger partial charge in [0.05, 0.1) is 11.5 Å². The largest absolute Gasteiger partial charge is 0.386 e. The van der Waals surface area contributed by atoms with Gasteiger partial charge in [0.15, 0.2) is 0 Å². The zero-order chi connectivity index (χ0) is 13.9. The van der Waals surface area contributed by atoms with Gasteiger partial charge in [-0.25, -0.2) is 4.98 Å². The molecule has 2 rings (SSSR count). The summed E-state index contributed by atoms with van der Waals surface area (Å²) >= 11 is 0. The van der Waals surface area contributed by atoms with Crippen molar-refractivity contribution in [2.45, 2.75) is 12.0 Å². The summed E-state index contributed by atoms with van der Waals surface area (Å²) in [7, 11) is 0. The Morgan fingerprint density at radius 2 is 2.47 bits per heavy atom. The first-order chi connectivity index (χ1) is 9.04. The third-order valence-corrected chi connectivity index (χ3v) is 2.86. The molecule has 2 heterocycles. The van der Waals surface area contributed by atoms with E-state index in [4.69, 9.17) is 10.00 Å². The average Bonchev–Trinajstić information content (AvgIpc) is 2.83. The molecule has 1 unspecified atom stereocenters. The molecule has 2 N–H and O–H groups in total. The molecule has 0 amide bonds. The molecule has 0 spiro atoms. The first-order valence-electron chi connectivity index (χ1n) is 5.64. The number of nitro groups is 1. The van der Waals surface area contributed by atoms with Crippen LogP contribution in [0, 0.1) is 21.4 Å². The van der Waals surface area contributed by atoms with Crippen molar-refractivity contribution in [2.75, 3.05) is 25.1 Å². The quantitative estimate of drug-likeness (QED) is 0.597. The third-order valence-electron chi connectivity index (χ3n) is 2.86. The highest BCUT2D eigenvalue weighted by atomic mass is 16.6. The van der Waals surface area contributed by atoms with Crippen LogP contribution in [0.15, 0.2) is 12.1 Å². The fourth-order valence-electron chi connectivity index (χ4n) is 1.77. The van der Waals surface area contributed by atoms with Gasteiger partial charge < -0.3 is 15.2 Å². The number of nitrogens with one attached hydrogen (secondary N) is 1. The second-order valence-electron chi connectivity index (χ2n) is 4.31. The standard InChI is InChI=1S/C11H12N4O4/c12-5-8-9(15(17)18)1-2-10(14-8)13-6-11(16)3-4-19-7-11/h1-2,16H,3-4,6-7H2,(H,13,14). The van der Waals surface area contributed by atoms with Gasteiger partial charge in [-0.15, -0.1) is 0 Å². The Balaban J connectivity index is 2.09. The molecule has 1 aromatic rings. The molecule has 8 nitrogen and oxygen atoms in total. The molecule has 100 valence electrons. The lowest BCUT2D eigenvalue weighted by Gasteiger charge is -2.20. The molecule has 1 saturated heterocycles. The first-order valence-corrected chi connectivity index (χ1v) is 5.64. The lowest BCUT2D eigenvalue weighted by atomic mass is 10.0. The van der Waals surface area contributed by atoms with Crippen molar-refractivity contribution in [3.05, 3.63) is 27.9 Å². The van der Waals surface area contributed by atoms with Crippen molar-refractivity contribution in [1.82, 2.24) is 4.98 Å². The zero-order valence-electron chi connectivity index (χ0n) is 10.00. The summed E-state index contributed by atoms with van der Waals surface area (Å²) in [5.74, 6) is 0.308. The number of aliphatic hydroxyl groups is 1. The molecule has 1 aromatic heterocycles. The molecule has 0 radical (unpaired) electrons. The van der Waals surface area contributed by atoms with Crippen LogP contribution < -0.4 is 5.32 Å². The molecule has 19 heavy (non-hydrogen) atoms. The molecule has 0 aliphatic carbocycles. The average molecular weight is 264 g/mol. The Morgan fingerprint density at radius 3 is 3.05 bits per heavy atom. The minimum atomic E-state index is -0.962. The Kier molecular flexibility index (Phi) is 3.59. The van der Waals surface area contributed by atoms with Gasteiger partial charge in [-0.05, 0) is 6.07 Å². The number of hydrogen-bond acceptors (Lipinski definition) is 7. The number of hydrogen-bond donors (Lipinski definition) is 2. The van der Waals surface area contributed by atoms with E-state index in [1.807, 2.05) is 0 Å². The normalized spacial score (nSPS) is 21.9. The van der Waals surface area contributed by atoms with E-state index in [2.05, 4.69) is 10.3 Å². The Morgan fingerprint density at radius 1 is 1.68 bits per heavy atom. The Bertz CT molecular complexity index is 534. The van der Waals surface area contributed by atoms with Crippen LogP contribution in [0.1, 0.15) is 12.1 Å². The number of aromatic nitrogens is 1. The molecule has 0 aromatic carbocycles. The number of pyridine rings is 1. The third kappa shape index (κ3) is 2.96. The monoisotopic (exact) mass is 264 g/mol. The van der Waals surface area contributed by atoms with Crippen molar-refractivity contribution in [2.24, 2.45) is 0 Å². The lowest BCUT2D eigenvalue weighted by molar-refractivity contribution is -0.385. The van der Waals surface area contributed by atoms with Crippen LogP contribution in [0.3, 0.4) is 0 Å². The van der Waals surface area contributed by atoms with Crippen molar-refractivity contribution in [3.8, 4) is 6.07 Å². The van der Waals surface area contributed by atoms with Crippen LogP contribution in [-0.4, -0.2) is 40.4 Å². The smallest absolute Gasteiger partial charge is 0.305 e. The molecule has 0 bridgehead atoms. The second-order valence-corrected chi connectivity index (χ2v) is 4.31. The van der Waals surface area contributed by atoms with E-state index in [1.165, 1.54) is 12.1 Å². The summed E-state index contributed by atoms with van der Waals surface area (Å²) in [5, 5.41) is 32.3. The SMILES string of the molecule is N#Cc1nc(NCC2(O)CCOC2)ccc1[N+](=O)[O-]. The summed E-state index contributed by atoms with van der Waals surface area (Å²) in [5.41, 5.74) is -1.56. The number of nitriles is 1. The molecule has 1 aliphatic heterocycles. The van der Waals surface area contributed by atoms with E-state index in [0.717, 1.165) is 0 Å². The summed E-state index contributed by atoms with van der Waals surface area (Å²) in [4.78, 5) is 13.8. The maximum atomic E-state index is 10.6. The highest BCUT2D eigenvalue weighted by Gasteiger charge is 2.32. The van der Waals surface area contributed by atoms with Crippen molar-refractivity contribution < 1.29 is 14.8 Å². The Labute approximate surface area is 108 Å². The molecule has 1 atom stereocenters. The summed E-state index contributed by atoms with van der Waals surface area (Å²) in [6.07, 6.45) is 0.512. The zero-order valence-corrected chi connectivity index (χ0v) is 10.00. The van der Waals surface area contributed by atoms with Crippen LogP contribution in [0.4, 0.5) is 11.5 Å². The van der Waals surface area contributed by atoms with E-state index >= 15 is 0 Å². The van der Waals surface area contributed by atoms with Gasteiger partial charge >= 0.3 is 5.69 Å². The van der Waals surface area contributed by atoms with Crippen molar-refractivity contribution >= 4 is 11.5 Å². The summed E-state index contributed by atoms with van der Waals surface area (Å²) in [6.45, 7) is 0.941. The van der Waals surface area contributed by atoms with Gasteiger partial charge in [0.25, 0.3) is 0 Å². The number of anilines is 1. The molecule has 8 heteroatoms. The van der Waals surface area contributed by atoms with Crippen molar-refractivity contribution in [3.63, 3.8) is 0 Å². The van der Waals surface area contributed by atoms with Gasteiger partial charge in [0, 0.05) is 25.6 Å². The van der Waals surface area contributed by atoms with E-state index in [1.54, 1.807) is 6.07 Å². The van der Waals surface area contributed by atoms with Gasteiger partial charge in [0.2, 0.25) is 5.69 Å². The van der Waals surface area contributed by atoms with Crippen LogP contribution in [0.25, 0.3) is 0 Å². The van der Waals surface area contributed by atoms with Crippen LogP contribution >= 0.6 is 0 Å². The second kappa shape index (κ2) is 5.17. The van der Waals surface area contributed by atoms with Gasteiger partial charge in [-0.1, -0.05) is 0 Å². The highest BCUT2D eigenvalue weighted by Crippen LogP contribution is 2.21. The van der Waals surface area contributed by atoms with Gasteiger partial charge in [0.1, 0.15) is 17.5 Å². The van der Waals surface area contributed by atoms with E-state index < -0.39 is 10.5 Å². The van der Waals surface area contributed by atoms with Crippen molar-refractivity contribution in [1.29, 1.82) is 5.26 Å². The minimum absolute atomic E-state index is 0.211. The summed E-state index contributed by atoms with van der Waals surface area (Å²) < 4.78 is 5.09. The maximum absolute atomic E-state index is 10.6. The number of ether oxygens (including phenoxy) is 1. The topological polar surface area (TPSA) is 121 Å². The minimum Gasteiger partial charge on any atom is -0.386 e. The van der Waals surface area contributed by atoms with E-state index in [9.17, 15) is 15.2 Å². The maximum Gasteiger partial charge on any atom is 0.305 e. The molecular weight excluding hydrogens is 252 g/mol. The fourth-order valence-corrected chi connectivity index (χ4v) is 1.77. The van der Waals surface area contributed by atoms with E-state index in [-0.39, 0.29) is 24.5 Å². The van der Waals surface area contributed by atoms with Crippen LogP contribution in [0.2, 0.25) is 0 Å². The molecule has 1 aliphatic rings.